The third kappa shape index (κ3) is 5.21. The van der Waals surface area contributed by atoms with Gasteiger partial charge in [-0.3, -0.25) is 4.79 Å². The Morgan fingerprint density at radius 3 is 2.35 bits per heavy atom. The number of aryl methyl sites for hydroxylation is 3. The molecule has 43 heavy (non-hydrogen) atoms. The van der Waals surface area contributed by atoms with Crippen molar-refractivity contribution in [1.29, 1.82) is 0 Å². The molecule has 0 bridgehead atoms. The van der Waals surface area contributed by atoms with Gasteiger partial charge in [0.2, 0.25) is 0 Å². The first-order valence-corrected chi connectivity index (χ1v) is 16.7. The number of benzene rings is 3. The van der Waals surface area contributed by atoms with Crippen molar-refractivity contribution in [3.05, 3.63) is 95.2 Å². The standard InChI is InChI=1S/C33H29N5O3S2/c1-19-4-7-22(8-5-19)28-17-26(30-21(3)37-38(31(30)35-28)25-14-15-43(40,41)18-25)32(39)34-24-11-9-23(10-12-24)33-36-27-13-6-20(2)16-29(27)42-33/h4-13,16-17,25H,14-15,18H2,1-3H3,(H,34,39). The Bertz CT molecular complexity index is 2150. The van der Waals surface area contributed by atoms with Crippen LogP contribution < -0.4 is 5.32 Å². The molecule has 1 aliphatic heterocycles. The molecule has 6 aromatic rings. The number of carbonyl (C=O) groups excluding carboxylic acids is 1. The number of fused-ring (bicyclic) bond motifs is 2. The number of aromatic nitrogens is 4. The van der Waals surface area contributed by atoms with E-state index in [4.69, 9.17) is 15.1 Å². The van der Waals surface area contributed by atoms with Crippen molar-refractivity contribution in [2.75, 3.05) is 16.8 Å². The molecule has 1 aliphatic rings. The molecule has 0 spiro atoms. The van der Waals surface area contributed by atoms with Crippen LogP contribution in [0.25, 0.3) is 43.1 Å². The van der Waals surface area contributed by atoms with Gasteiger partial charge in [0.1, 0.15) is 5.01 Å². The topological polar surface area (TPSA) is 107 Å². The number of thiazole rings is 1. The van der Waals surface area contributed by atoms with Crippen LogP contribution in [0.5, 0.6) is 0 Å². The van der Waals surface area contributed by atoms with Crippen LogP contribution in [0, 0.1) is 20.8 Å². The number of sulfone groups is 1. The summed E-state index contributed by atoms with van der Waals surface area (Å²) in [5, 5.41) is 9.31. The number of nitrogens with one attached hydrogen (secondary N) is 1. The summed E-state index contributed by atoms with van der Waals surface area (Å²) >= 11 is 1.64. The van der Waals surface area contributed by atoms with Gasteiger partial charge >= 0.3 is 0 Å². The number of amides is 1. The van der Waals surface area contributed by atoms with Crippen LogP contribution in [0.15, 0.2) is 72.8 Å². The molecule has 1 amide bonds. The molecule has 10 heteroatoms. The van der Waals surface area contributed by atoms with Crippen LogP contribution in [0.2, 0.25) is 0 Å². The number of rotatable bonds is 5. The summed E-state index contributed by atoms with van der Waals surface area (Å²) < 4.78 is 27.5. The van der Waals surface area contributed by atoms with Crippen LogP contribution in [0.3, 0.4) is 0 Å². The highest BCUT2D eigenvalue weighted by Gasteiger charge is 2.32. The Balaban J connectivity index is 1.25. The average molecular weight is 608 g/mol. The maximum Gasteiger partial charge on any atom is 0.256 e. The van der Waals surface area contributed by atoms with E-state index in [1.807, 2.05) is 68.4 Å². The Kier molecular flexibility index (Phi) is 6.63. The van der Waals surface area contributed by atoms with Crippen LogP contribution in [0.4, 0.5) is 5.69 Å². The quantitative estimate of drug-likeness (QED) is 0.228. The summed E-state index contributed by atoms with van der Waals surface area (Å²) in [7, 11) is -3.14. The third-order valence-corrected chi connectivity index (χ3v) is 10.7. The van der Waals surface area contributed by atoms with Gasteiger partial charge in [0.25, 0.3) is 5.91 Å². The highest BCUT2D eigenvalue weighted by Crippen LogP contribution is 2.34. The fourth-order valence-corrected chi connectivity index (χ4v) is 8.40. The van der Waals surface area contributed by atoms with Crippen molar-refractivity contribution >= 4 is 54.0 Å². The van der Waals surface area contributed by atoms with Gasteiger partial charge in [-0.1, -0.05) is 35.9 Å². The van der Waals surface area contributed by atoms with Gasteiger partial charge in [-0.15, -0.1) is 11.3 Å². The van der Waals surface area contributed by atoms with E-state index in [2.05, 4.69) is 24.4 Å². The minimum Gasteiger partial charge on any atom is -0.322 e. The van der Waals surface area contributed by atoms with Crippen LogP contribution in [0.1, 0.15) is 39.6 Å². The fraction of sp³-hybridized carbons (Fsp3) is 0.212. The number of anilines is 1. The first-order valence-electron chi connectivity index (χ1n) is 14.1. The molecule has 0 aliphatic carbocycles. The van der Waals surface area contributed by atoms with Crippen molar-refractivity contribution in [1.82, 2.24) is 19.7 Å². The predicted molar refractivity (Wildman–Crippen MR) is 172 cm³/mol. The molecule has 216 valence electrons. The second-order valence-corrected chi connectivity index (χ2v) is 14.5. The number of carbonyl (C=O) groups is 1. The van der Waals surface area contributed by atoms with Gasteiger partial charge in [0, 0.05) is 16.8 Å². The Hall–Kier alpha value is -4.41. The smallest absolute Gasteiger partial charge is 0.256 e. The molecule has 3 aromatic heterocycles. The first kappa shape index (κ1) is 27.4. The van der Waals surface area contributed by atoms with E-state index in [-0.39, 0.29) is 23.5 Å². The van der Waals surface area contributed by atoms with Crippen molar-refractivity contribution in [3.8, 4) is 21.8 Å². The van der Waals surface area contributed by atoms with Gasteiger partial charge in [-0.05, 0) is 75.2 Å². The molecule has 1 atom stereocenters. The van der Waals surface area contributed by atoms with Crippen LogP contribution in [-0.4, -0.2) is 45.6 Å². The summed E-state index contributed by atoms with van der Waals surface area (Å²) in [6.07, 6.45) is 0.469. The SMILES string of the molecule is Cc1ccc(-c2cc(C(=O)Nc3ccc(-c4nc5ccc(C)cc5s4)cc3)c3c(C)nn(C4CCS(=O)(=O)C4)c3n2)cc1. The molecular weight excluding hydrogens is 579 g/mol. The normalized spacial score (nSPS) is 16.2. The third-order valence-electron chi connectivity index (χ3n) is 7.92. The minimum atomic E-state index is -3.14. The number of hydrogen-bond acceptors (Lipinski definition) is 7. The molecule has 0 radical (unpaired) electrons. The largest absolute Gasteiger partial charge is 0.322 e. The lowest BCUT2D eigenvalue weighted by molar-refractivity contribution is 0.102. The molecule has 1 saturated heterocycles. The zero-order valence-electron chi connectivity index (χ0n) is 24.0. The summed E-state index contributed by atoms with van der Waals surface area (Å²) in [6, 6.07) is 23.3. The highest BCUT2D eigenvalue weighted by atomic mass is 32.2. The Morgan fingerprint density at radius 1 is 0.907 bits per heavy atom. The van der Waals surface area contributed by atoms with Gasteiger partial charge in [0.05, 0.1) is 50.1 Å². The summed E-state index contributed by atoms with van der Waals surface area (Å²) in [6.45, 7) is 5.92. The molecule has 1 fully saturated rings. The monoisotopic (exact) mass is 607 g/mol. The molecule has 7 rings (SSSR count). The lowest BCUT2D eigenvalue weighted by atomic mass is 10.0. The molecule has 1 unspecified atom stereocenters. The lowest BCUT2D eigenvalue weighted by Crippen LogP contribution is -2.15. The lowest BCUT2D eigenvalue weighted by Gasteiger charge is -2.13. The Morgan fingerprint density at radius 2 is 1.63 bits per heavy atom. The van der Waals surface area contributed by atoms with E-state index in [1.165, 1.54) is 5.56 Å². The van der Waals surface area contributed by atoms with Crippen molar-refractivity contribution < 1.29 is 13.2 Å². The zero-order chi connectivity index (χ0) is 29.9. The number of hydrogen-bond donors (Lipinski definition) is 1. The molecule has 8 nitrogen and oxygen atoms in total. The molecule has 4 heterocycles. The predicted octanol–water partition coefficient (Wildman–Crippen LogP) is 6.91. The van der Waals surface area contributed by atoms with Gasteiger partial charge in [-0.2, -0.15) is 5.10 Å². The maximum absolute atomic E-state index is 13.9. The van der Waals surface area contributed by atoms with E-state index in [0.717, 1.165) is 31.9 Å². The second-order valence-electron chi connectivity index (χ2n) is 11.2. The van der Waals surface area contributed by atoms with Crippen LogP contribution >= 0.6 is 11.3 Å². The van der Waals surface area contributed by atoms with E-state index >= 15 is 0 Å². The fourth-order valence-electron chi connectivity index (χ4n) is 5.64. The molecule has 3 aromatic carbocycles. The highest BCUT2D eigenvalue weighted by molar-refractivity contribution is 7.91. The van der Waals surface area contributed by atoms with Crippen molar-refractivity contribution in [2.24, 2.45) is 0 Å². The molecule has 1 N–H and O–H groups in total. The second kappa shape index (κ2) is 10.4. The van der Waals surface area contributed by atoms with Gasteiger partial charge in [-0.25, -0.2) is 23.1 Å². The van der Waals surface area contributed by atoms with Crippen molar-refractivity contribution in [2.45, 2.75) is 33.2 Å². The Labute approximate surface area is 253 Å². The maximum atomic E-state index is 13.9. The number of pyridine rings is 1. The minimum absolute atomic E-state index is 0.0157. The van der Waals surface area contributed by atoms with Crippen LogP contribution in [-0.2, 0) is 9.84 Å². The molecular formula is C33H29N5O3S2. The summed E-state index contributed by atoms with van der Waals surface area (Å²) in [5.74, 6) is -0.150. The average Bonchev–Trinajstić information content (AvgIpc) is 3.67. The summed E-state index contributed by atoms with van der Waals surface area (Å²) in [5.41, 5.74) is 8.00. The van der Waals surface area contributed by atoms with Gasteiger partial charge in [0.15, 0.2) is 15.5 Å². The summed E-state index contributed by atoms with van der Waals surface area (Å²) in [4.78, 5) is 23.6. The van der Waals surface area contributed by atoms with Gasteiger partial charge < -0.3 is 5.32 Å². The first-order chi connectivity index (χ1) is 20.6. The zero-order valence-corrected chi connectivity index (χ0v) is 25.6. The number of nitrogens with zero attached hydrogens (tertiary/aromatic N) is 4. The van der Waals surface area contributed by atoms with E-state index < -0.39 is 9.84 Å². The molecule has 0 saturated carbocycles. The van der Waals surface area contributed by atoms with E-state index in [0.29, 0.717) is 40.1 Å². The van der Waals surface area contributed by atoms with E-state index in [1.54, 1.807) is 22.1 Å². The van der Waals surface area contributed by atoms with Crippen molar-refractivity contribution in [3.63, 3.8) is 0 Å². The van der Waals surface area contributed by atoms with E-state index in [9.17, 15) is 13.2 Å².